The minimum atomic E-state index is -1.01. The Morgan fingerprint density at radius 1 is 1.33 bits per heavy atom. The number of rotatable bonds is 7. The van der Waals surface area contributed by atoms with Crippen molar-refractivity contribution in [3.05, 3.63) is 23.8 Å². The lowest BCUT2D eigenvalue weighted by Gasteiger charge is -2.16. The van der Waals surface area contributed by atoms with Gasteiger partial charge in [0.05, 0.1) is 7.11 Å². The first-order valence-electron chi connectivity index (χ1n) is 6.95. The van der Waals surface area contributed by atoms with E-state index in [0.29, 0.717) is 6.42 Å². The number of nitrogens with one attached hydrogen (secondary N) is 1. The van der Waals surface area contributed by atoms with E-state index in [4.69, 9.17) is 4.74 Å². The van der Waals surface area contributed by atoms with Crippen LogP contribution in [0.1, 0.15) is 32.6 Å². The summed E-state index contributed by atoms with van der Waals surface area (Å²) in [4.78, 5) is 34.6. The molecule has 0 aromatic rings. The standard InChI is InChI=1S/C15H21NO5/c1-3-12(17)9-13(14(18)20-2)16-15(19)21-10-11-7-5-4-6-8-11/h5,7-8,13H,3-4,6,9-10H2,1-2H3,(H,16,19). The van der Waals surface area contributed by atoms with Gasteiger partial charge in [-0.25, -0.2) is 9.59 Å². The minimum absolute atomic E-state index is 0.0964. The first-order valence-corrected chi connectivity index (χ1v) is 6.95. The lowest BCUT2D eigenvalue weighted by atomic mass is 10.1. The van der Waals surface area contributed by atoms with Crippen LogP contribution in [0.2, 0.25) is 0 Å². The maximum absolute atomic E-state index is 11.7. The highest BCUT2D eigenvalue weighted by molar-refractivity contribution is 5.88. The summed E-state index contributed by atoms with van der Waals surface area (Å²) in [5.74, 6) is -0.797. The Hall–Kier alpha value is -2.11. The molecule has 1 aliphatic carbocycles. The van der Waals surface area contributed by atoms with E-state index >= 15 is 0 Å². The van der Waals surface area contributed by atoms with Gasteiger partial charge < -0.3 is 14.8 Å². The Morgan fingerprint density at radius 3 is 2.67 bits per heavy atom. The van der Waals surface area contributed by atoms with Crippen molar-refractivity contribution < 1.29 is 23.9 Å². The van der Waals surface area contributed by atoms with E-state index in [0.717, 1.165) is 18.4 Å². The summed E-state index contributed by atoms with van der Waals surface area (Å²) < 4.78 is 9.60. The number of allylic oxidation sites excluding steroid dienone is 2. The lowest BCUT2D eigenvalue weighted by molar-refractivity contribution is -0.144. The van der Waals surface area contributed by atoms with Gasteiger partial charge in [-0.05, 0) is 18.4 Å². The first kappa shape index (κ1) is 16.9. The first-order chi connectivity index (χ1) is 10.1. The zero-order valence-electron chi connectivity index (χ0n) is 12.4. The number of ether oxygens (including phenoxy) is 2. The van der Waals surface area contributed by atoms with E-state index in [9.17, 15) is 14.4 Å². The van der Waals surface area contributed by atoms with Gasteiger partial charge in [0.25, 0.3) is 0 Å². The highest BCUT2D eigenvalue weighted by atomic mass is 16.6. The van der Waals surface area contributed by atoms with Crippen LogP contribution in [0.4, 0.5) is 4.79 Å². The molecule has 1 atom stereocenters. The van der Waals surface area contributed by atoms with E-state index in [-0.39, 0.29) is 18.8 Å². The molecule has 6 nitrogen and oxygen atoms in total. The van der Waals surface area contributed by atoms with Crippen LogP contribution in [-0.2, 0) is 19.1 Å². The molecule has 116 valence electrons. The van der Waals surface area contributed by atoms with Crippen molar-refractivity contribution >= 4 is 17.8 Å². The number of hydrogen-bond acceptors (Lipinski definition) is 5. The van der Waals surface area contributed by atoms with Crippen molar-refractivity contribution in [1.82, 2.24) is 5.32 Å². The molecule has 0 radical (unpaired) electrons. The third-order valence-electron chi connectivity index (χ3n) is 3.05. The fraction of sp³-hybridized carbons (Fsp3) is 0.533. The molecule has 1 unspecified atom stereocenters. The largest absolute Gasteiger partial charge is 0.467 e. The summed E-state index contributed by atoms with van der Waals surface area (Å²) in [6, 6.07) is -1.01. The molecule has 0 fully saturated rings. The molecule has 0 aliphatic heterocycles. The highest BCUT2D eigenvalue weighted by Gasteiger charge is 2.24. The van der Waals surface area contributed by atoms with E-state index in [1.165, 1.54) is 7.11 Å². The molecule has 0 aromatic carbocycles. The molecule has 1 amide bonds. The topological polar surface area (TPSA) is 81.7 Å². The summed E-state index contributed by atoms with van der Waals surface area (Å²) >= 11 is 0. The smallest absolute Gasteiger partial charge is 0.408 e. The number of carbonyl (C=O) groups excluding carboxylic acids is 3. The number of amides is 1. The van der Waals surface area contributed by atoms with Gasteiger partial charge in [0.2, 0.25) is 0 Å². The number of alkyl carbamates (subject to hydrolysis) is 1. The van der Waals surface area contributed by atoms with Crippen LogP contribution >= 0.6 is 0 Å². The molecule has 0 bridgehead atoms. The molecule has 1 aliphatic rings. The number of carbonyl (C=O) groups is 3. The maximum Gasteiger partial charge on any atom is 0.408 e. The van der Waals surface area contributed by atoms with Crippen LogP contribution in [-0.4, -0.2) is 37.6 Å². The normalized spacial score (nSPS) is 14.9. The van der Waals surface area contributed by atoms with Crippen molar-refractivity contribution in [2.75, 3.05) is 13.7 Å². The monoisotopic (exact) mass is 295 g/mol. The quantitative estimate of drug-likeness (QED) is 0.725. The minimum Gasteiger partial charge on any atom is -0.467 e. The summed E-state index contributed by atoms with van der Waals surface area (Å²) in [6.45, 7) is 1.83. The zero-order chi connectivity index (χ0) is 15.7. The summed E-state index contributed by atoms with van der Waals surface area (Å²) in [7, 11) is 1.20. The van der Waals surface area contributed by atoms with Crippen LogP contribution in [0.15, 0.2) is 23.8 Å². The lowest BCUT2D eigenvalue weighted by Crippen LogP contribution is -2.43. The summed E-state index contributed by atoms with van der Waals surface area (Å²) in [5, 5.41) is 2.36. The number of esters is 1. The average Bonchev–Trinajstić information content (AvgIpc) is 2.52. The van der Waals surface area contributed by atoms with Crippen LogP contribution in [0, 0.1) is 0 Å². The van der Waals surface area contributed by atoms with Gasteiger partial charge in [-0.1, -0.05) is 25.2 Å². The predicted molar refractivity (Wildman–Crippen MR) is 76.7 cm³/mol. The number of hydrogen-bond donors (Lipinski definition) is 1. The Kier molecular flexibility index (Phi) is 7.21. The fourth-order valence-electron chi connectivity index (χ4n) is 1.82. The Bertz CT molecular complexity index is 453. The zero-order valence-corrected chi connectivity index (χ0v) is 12.4. The molecule has 0 saturated carbocycles. The van der Waals surface area contributed by atoms with Crippen molar-refractivity contribution in [1.29, 1.82) is 0 Å². The van der Waals surface area contributed by atoms with Gasteiger partial charge in [0.15, 0.2) is 0 Å². The third-order valence-corrected chi connectivity index (χ3v) is 3.05. The molecule has 0 heterocycles. The van der Waals surface area contributed by atoms with Gasteiger partial charge in [-0.15, -0.1) is 0 Å². The average molecular weight is 295 g/mol. The Morgan fingerprint density at radius 2 is 2.10 bits per heavy atom. The van der Waals surface area contributed by atoms with Gasteiger partial charge in [-0.2, -0.15) is 0 Å². The molecular weight excluding hydrogens is 274 g/mol. The van der Waals surface area contributed by atoms with E-state index < -0.39 is 18.1 Å². The van der Waals surface area contributed by atoms with E-state index in [2.05, 4.69) is 10.1 Å². The van der Waals surface area contributed by atoms with Crippen LogP contribution in [0.5, 0.6) is 0 Å². The second-order valence-electron chi connectivity index (χ2n) is 4.65. The highest BCUT2D eigenvalue weighted by Crippen LogP contribution is 2.09. The number of methoxy groups -OCH3 is 1. The summed E-state index contributed by atoms with van der Waals surface area (Å²) in [6.07, 6.45) is 7.26. The van der Waals surface area contributed by atoms with Crippen molar-refractivity contribution in [3.8, 4) is 0 Å². The van der Waals surface area contributed by atoms with E-state index in [1.807, 2.05) is 18.2 Å². The number of Topliss-reactive ketones (excluding diaryl/α,β-unsaturated/α-hetero) is 1. The van der Waals surface area contributed by atoms with Crippen LogP contribution in [0.25, 0.3) is 0 Å². The summed E-state index contributed by atoms with van der Waals surface area (Å²) in [5.41, 5.74) is 0.913. The molecule has 21 heavy (non-hydrogen) atoms. The molecule has 0 aromatic heterocycles. The third kappa shape index (κ3) is 6.25. The van der Waals surface area contributed by atoms with Crippen molar-refractivity contribution in [3.63, 3.8) is 0 Å². The molecule has 6 heteroatoms. The van der Waals surface area contributed by atoms with Crippen molar-refractivity contribution in [2.24, 2.45) is 0 Å². The molecule has 1 N–H and O–H groups in total. The molecular formula is C15H21NO5. The van der Waals surface area contributed by atoms with Gasteiger partial charge >= 0.3 is 12.1 Å². The van der Waals surface area contributed by atoms with Gasteiger partial charge in [-0.3, -0.25) is 4.79 Å². The van der Waals surface area contributed by atoms with Gasteiger partial charge in [0.1, 0.15) is 18.4 Å². The Balaban J connectivity index is 2.47. The second kappa shape index (κ2) is 8.94. The molecule has 0 saturated heterocycles. The second-order valence-corrected chi connectivity index (χ2v) is 4.65. The SMILES string of the molecule is CCC(=O)CC(NC(=O)OCC1=CCCC=C1)C(=O)OC. The molecule has 0 spiro atoms. The van der Waals surface area contributed by atoms with Crippen molar-refractivity contribution in [2.45, 2.75) is 38.6 Å². The van der Waals surface area contributed by atoms with Crippen LogP contribution < -0.4 is 5.32 Å². The van der Waals surface area contributed by atoms with Gasteiger partial charge in [0, 0.05) is 12.8 Å². The van der Waals surface area contributed by atoms with E-state index in [1.54, 1.807) is 6.92 Å². The van der Waals surface area contributed by atoms with Crippen LogP contribution in [0.3, 0.4) is 0 Å². The molecule has 1 rings (SSSR count). The fourth-order valence-corrected chi connectivity index (χ4v) is 1.82. The predicted octanol–water partition coefficient (Wildman–Crippen LogP) is 1.90. The Labute approximate surface area is 124 Å². The number of ketones is 1. The maximum atomic E-state index is 11.7.